The van der Waals surface area contributed by atoms with E-state index in [0.717, 1.165) is 44.4 Å². The molecular formula is C18H24N4OS. The zero-order chi connectivity index (χ0) is 16.4. The molecule has 0 saturated carbocycles. The summed E-state index contributed by atoms with van der Waals surface area (Å²) in [6, 6.07) is 6.60. The summed E-state index contributed by atoms with van der Waals surface area (Å²) in [6.07, 6.45) is 4.42. The van der Waals surface area contributed by atoms with E-state index in [4.69, 9.17) is 9.72 Å². The minimum atomic E-state index is 0.142. The summed E-state index contributed by atoms with van der Waals surface area (Å²) in [6.45, 7) is 7.71. The van der Waals surface area contributed by atoms with Crippen molar-refractivity contribution < 1.29 is 4.74 Å². The Labute approximate surface area is 147 Å². The summed E-state index contributed by atoms with van der Waals surface area (Å²) >= 11 is 1.87. The number of aryl methyl sites for hydroxylation is 1. The molecule has 0 unspecified atom stereocenters. The smallest absolute Gasteiger partial charge is 0.150 e. The Bertz CT molecular complexity index is 683. The van der Waals surface area contributed by atoms with Crippen LogP contribution in [0.4, 0.5) is 5.82 Å². The monoisotopic (exact) mass is 344 g/mol. The maximum Gasteiger partial charge on any atom is 0.150 e. The number of ether oxygens (including phenoxy) is 1. The summed E-state index contributed by atoms with van der Waals surface area (Å²) in [5.41, 5.74) is 0. The third-order valence-corrected chi connectivity index (χ3v) is 5.77. The minimum Gasteiger partial charge on any atom is -0.378 e. The molecule has 0 N–H and O–H groups in total. The lowest BCUT2D eigenvalue weighted by atomic mass is 10.2. The number of hydrogen-bond donors (Lipinski definition) is 0. The van der Waals surface area contributed by atoms with E-state index in [1.165, 1.54) is 22.6 Å². The Hall–Kier alpha value is -1.50. The predicted octanol–water partition coefficient (Wildman–Crippen LogP) is 3.02. The number of aromatic nitrogens is 2. The normalized spacial score (nSPS) is 22.2. The zero-order valence-electron chi connectivity index (χ0n) is 14.1. The predicted molar refractivity (Wildman–Crippen MR) is 96.5 cm³/mol. The fraction of sp³-hybridized carbons (Fsp3) is 0.556. The van der Waals surface area contributed by atoms with Crippen LogP contribution in [0, 0.1) is 6.92 Å². The highest BCUT2D eigenvalue weighted by Gasteiger charge is 2.28. The van der Waals surface area contributed by atoms with Crippen LogP contribution in [0.1, 0.15) is 34.5 Å². The molecule has 0 radical (unpaired) electrons. The molecule has 0 amide bonds. The van der Waals surface area contributed by atoms with E-state index in [1.807, 2.05) is 23.6 Å². The molecular weight excluding hydrogens is 320 g/mol. The second-order valence-electron chi connectivity index (χ2n) is 6.54. The van der Waals surface area contributed by atoms with Crippen LogP contribution in [-0.4, -0.2) is 47.7 Å². The lowest BCUT2D eigenvalue weighted by molar-refractivity contribution is -0.0154. The molecule has 2 aromatic rings. The number of anilines is 1. The largest absolute Gasteiger partial charge is 0.378 e. The van der Waals surface area contributed by atoms with Crippen molar-refractivity contribution in [1.82, 2.24) is 14.9 Å². The molecule has 0 spiro atoms. The van der Waals surface area contributed by atoms with Crippen LogP contribution in [0.5, 0.6) is 0 Å². The van der Waals surface area contributed by atoms with Crippen molar-refractivity contribution in [2.24, 2.45) is 0 Å². The second kappa shape index (κ2) is 7.17. The van der Waals surface area contributed by atoms with E-state index in [2.05, 4.69) is 33.8 Å². The van der Waals surface area contributed by atoms with Gasteiger partial charge < -0.3 is 9.64 Å². The quantitative estimate of drug-likeness (QED) is 0.853. The van der Waals surface area contributed by atoms with Gasteiger partial charge in [-0.25, -0.2) is 9.97 Å². The second-order valence-corrected chi connectivity index (χ2v) is 7.91. The van der Waals surface area contributed by atoms with Crippen LogP contribution in [0.25, 0.3) is 0 Å². The van der Waals surface area contributed by atoms with E-state index in [9.17, 15) is 0 Å². The molecule has 5 nitrogen and oxygen atoms in total. The zero-order valence-corrected chi connectivity index (χ0v) is 15.0. The third kappa shape index (κ3) is 3.45. The molecule has 24 heavy (non-hydrogen) atoms. The first kappa shape index (κ1) is 16.0. The van der Waals surface area contributed by atoms with Crippen LogP contribution in [0.15, 0.2) is 24.4 Å². The van der Waals surface area contributed by atoms with Gasteiger partial charge in [0.05, 0.1) is 19.3 Å². The van der Waals surface area contributed by atoms with E-state index in [1.54, 1.807) is 0 Å². The molecule has 0 aromatic carbocycles. The van der Waals surface area contributed by atoms with Crippen LogP contribution in [-0.2, 0) is 11.3 Å². The lowest BCUT2D eigenvalue weighted by Crippen LogP contribution is -2.39. The Kier molecular flexibility index (Phi) is 4.78. The highest BCUT2D eigenvalue weighted by atomic mass is 32.1. The molecule has 1 atom stereocenters. The summed E-state index contributed by atoms with van der Waals surface area (Å²) in [5.74, 6) is 1.96. The Morgan fingerprint density at radius 3 is 2.88 bits per heavy atom. The van der Waals surface area contributed by atoms with E-state index < -0.39 is 0 Å². The molecule has 6 heteroatoms. The van der Waals surface area contributed by atoms with Crippen LogP contribution >= 0.6 is 11.3 Å². The SMILES string of the molecule is Cc1ccc(CN2CCOC[C@H]2c2nccc(N3CCCC3)n2)s1. The highest BCUT2D eigenvalue weighted by molar-refractivity contribution is 7.11. The fourth-order valence-electron chi connectivity index (χ4n) is 3.48. The lowest BCUT2D eigenvalue weighted by Gasteiger charge is -2.34. The van der Waals surface area contributed by atoms with Crippen molar-refractivity contribution in [1.29, 1.82) is 0 Å². The molecule has 2 fully saturated rings. The van der Waals surface area contributed by atoms with Crippen molar-refractivity contribution in [3.05, 3.63) is 40.0 Å². The number of nitrogens with zero attached hydrogens (tertiary/aromatic N) is 4. The summed E-state index contributed by atoms with van der Waals surface area (Å²) in [5, 5.41) is 0. The average Bonchev–Trinajstić information content (AvgIpc) is 3.28. The van der Waals surface area contributed by atoms with Gasteiger partial charge in [-0.05, 0) is 38.0 Å². The van der Waals surface area contributed by atoms with Gasteiger partial charge in [0.1, 0.15) is 11.6 Å². The van der Waals surface area contributed by atoms with Gasteiger partial charge in [-0.3, -0.25) is 4.90 Å². The fourth-order valence-corrected chi connectivity index (χ4v) is 4.40. The molecule has 2 saturated heterocycles. The van der Waals surface area contributed by atoms with E-state index >= 15 is 0 Å². The van der Waals surface area contributed by atoms with Crippen molar-refractivity contribution in [3.8, 4) is 0 Å². The number of rotatable bonds is 4. The molecule has 2 aromatic heterocycles. The Balaban J connectivity index is 1.54. The van der Waals surface area contributed by atoms with Gasteiger partial charge in [-0.2, -0.15) is 0 Å². The van der Waals surface area contributed by atoms with Gasteiger partial charge in [0, 0.05) is 42.1 Å². The Morgan fingerprint density at radius 1 is 1.21 bits per heavy atom. The van der Waals surface area contributed by atoms with Gasteiger partial charge in [0.25, 0.3) is 0 Å². The number of thiophene rings is 1. The summed E-state index contributed by atoms with van der Waals surface area (Å²) in [7, 11) is 0. The van der Waals surface area contributed by atoms with Gasteiger partial charge in [0.15, 0.2) is 0 Å². The highest BCUT2D eigenvalue weighted by Crippen LogP contribution is 2.27. The van der Waals surface area contributed by atoms with Gasteiger partial charge in [0.2, 0.25) is 0 Å². The third-order valence-electron chi connectivity index (χ3n) is 4.78. The van der Waals surface area contributed by atoms with Crippen LogP contribution in [0.2, 0.25) is 0 Å². The first-order valence-electron chi connectivity index (χ1n) is 8.74. The first-order valence-corrected chi connectivity index (χ1v) is 9.56. The topological polar surface area (TPSA) is 41.5 Å². The van der Waals surface area contributed by atoms with Crippen molar-refractivity contribution >= 4 is 17.2 Å². The molecule has 4 rings (SSSR count). The molecule has 0 aliphatic carbocycles. The average molecular weight is 344 g/mol. The van der Waals surface area contributed by atoms with E-state index in [0.29, 0.717) is 6.61 Å². The van der Waals surface area contributed by atoms with Crippen molar-refractivity contribution in [3.63, 3.8) is 0 Å². The molecule has 2 aliphatic rings. The van der Waals surface area contributed by atoms with Gasteiger partial charge in [-0.15, -0.1) is 11.3 Å². The van der Waals surface area contributed by atoms with Crippen LogP contribution < -0.4 is 4.90 Å². The minimum absolute atomic E-state index is 0.142. The summed E-state index contributed by atoms with van der Waals surface area (Å²) < 4.78 is 5.74. The van der Waals surface area contributed by atoms with Gasteiger partial charge >= 0.3 is 0 Å². The number of hydrogen-bond acceptors (Lipinski definition) is 6. The maximum absolute atomic E-state index is 5.74. The van der Waals surface area contributed by atoms with Gasteiger partial charge in [-0.1, -0.05) is 0 Å². The molecule has 2 aliphatic heterocycles. The molecule has 4 heterocycles. The standard InChI is InChI=1S/C18H24N4OS/c1-14-4-5-15(24-14)12-22-10-11-23-13-16(22)18-19-7-6-17(20-18)21-8-2-3-9-21/h4-7,16H,2-3,8-13H2,1H3/t16-/m0/s1. The molecule has 128 valence electrons. The Morgan fingerprint density at radius 2 is 2.08 bits per heavy atom. The van der Waals surface area contributed by atoms with Crippen molar-refractivity contribution in [2.45, 2.75) is 32.4 Å². The summed E-state index contributed by atoms with van der Waals surface area (Å²) in [4.78, 5) is 17.0. The first-order chi connectivity index (χ1) is 11.8. The van der Waals surface area contributed by atoms with Crippen LogP contribution in [0.3, 0.4) is 0 Å². The van der Waals surface area contributed by atoms with Crippen molar-refractivity contribution in [2.75, 3.05) is 37.7 Å². The van der Waals surface area contributed by atoms with E-state index in [-0.39, 0.29) is 6.04 Å². The maximum atomic E-state index is 5.74. The number of morpholine rings is 1. The molecule has 0 bridgehead atoms.